The molecule has 2 unspecified atom stereocenters. The van der Waals surface area contributed by atoms with Crippen LogP contribution < -0.4 is 0 Å². The van der Waals surface area contributed by atoms with Crippen LogP contribution in [-0.4, -0.2) is 96.7 Å². The van der Waals surface area contributed by atoms with Gasteiger partial charge in [0.1, 0.15) is 19.3 Å². The zero-order valence-electron chi connectivity index (χ0n) is 66.8. The second-order valence-electron chi connectivity index (χ2n) is 30.3. The molecule has 19 heteroatoms. The fourth-order valence-corrected chi connectivity index (χ4v) is 14.5. The highest BCUT2D eigenvalue weighted by molar-refractivity contribution is 7.47. The molecule has 0 heterocycles. The molecule has 0 radical (unpaired) electrons. The lowest BCUT2D eigenvalue weighted by molar-refractivity contribution is -0.161. The summed E-state index contributed by atoms with van der Waals surface area (Å²) in [5, 5.41) is 10.7. The average Bonchev–Trinajstić information content (AvgIpc) is 0.917. The Morgan fingerprint density at radius 1 is 0.265 bits per heavy atom. The molecule has 0 saturated carbocycles. The molecule has 3 N–H and O–H groups in total. The van der Waals surface area contributed by atoms with Crippen LogP contribution in [0.15, 0.2) is 0 Å². The van der Waals surface area contributed by atoms with Gasteiger partial charge >= 0.3 is 39.5 Å². The number of phosphoric ester groups is 2. The van der Waals surface area contributed by atoms with Gasteiger partial charge in [-0.15, -0.1) is 0 Å². The maximum atomic E-state index is 13.1. The number of aliphatic hydroxyl groups excluding tert-OH is 1. The van der Waals surface area contributed by atoms with E-state index in [2.05, 4.69) is 34.6 Å². The van der Waals surface area contributed by atoms with Crippen molar-refractivity contribution in [3.8, 4) is 0 Å². The van der Waals surface area contributed by atoms with Gasteiger partial charge in [0.2, 0.25) is 0 Å². The Morgan fingerprint density at radius 2 is 0.451 bits per heavy atom. The Hall–Kier alpha value is -1.94. The SMILES string of the molecule is CCCCCCCCCCCCCCCCCCCCCCCCC(=O)O[C@H](COC(=O)CCCCCCCCCCCCCCCC)COP(=O)(O)OC[C@@H](O)COP(=O)(O)OC[C@@H](COC(=O)CCCCCCCCCCCC(C)C)OC(=O)CCCCCCCCCCCCCCCC. The predicted molar refractivity (Wildman–Crippen MR) is 418 cm³/mol. The topological polar surface area (TPSA) is 237 Å². The van der Waals surface area contributed by atoms with Crippen LogP contribution >= 0.6 is 15.6 Å². The highest BCUT2D eigenvalue weighted by Gasteiger charge is 2.30. The molecule has 0 aromatic carbocycles. The van der Waals surface area contributed by atoms with E-state index in [-0.39, 0.29) is 25.7 Å². The Morgan fingerprint density at radius 3 is 0.667 bits per heavy atom. The first-order chi connectivity index (χ1) is 49.5. The van der Waals surface area contributed by atoms with Gasteiger partial charge in [-0.1, -0.05) is 394 Å². The Balaban J connectivity index is 5.22. The van der Waals surface area contributed by atoms with Crippen molar-refractivity contribution in [2.24, 2.45) is 5.92 Å². The molecule has 0 aliphatic rings. The summed E-state index contributed by atoms with van der Waals surface area (Å²) < 4.78 is 68.8. The predicted octanol–water partition coefficient (Wildman–Crippen LogP) is 25.2. The van der Waals surface area contributed by atoms with Gasteiger partial charge in [0.15, 0.2) is 12.2 Å². The summed E-state index contributed by atoms with van der Waals surface area (Å²) in [6, 6.07) is 0. The third-order valence-electron chi connectivity index (χ3n) is 19.5. The van der Waals surface area contributed by atoms with Crippen molar-refractivity contribution in [2.45, 2.75) is 464 Å². The zero-order valence-corrected chi connectivity index (χ0v) is 68.5. The van der Waals surface area contributed by atoms with Crippen molar-refractivity contribution in [2.75, 3.05) is 39.6 Å². The van der Waals surface area contributed by atoms with Gasteiger partial charge in [0.05, 0.1) is 26.4 Å². The quantitative estimate of drug-likeness (QED) is 0.0222. The minimum absolute atomic E-state index is 0.108. The molecule has 102 heavy (non-hydrogen) atoms. The van der Waals surface area contributed by atoms with Gasteiger partial charge in [-0.25, -0.2) is 9.13 Å². The lowest BCUT2D eigenvalue weighted by atomic mass is 10.0. The molecular formula is C83H162O17P2. The number of esters is 4. The van der Waals surface area contributed by atoms with Crippen LogP contribution in [0.25, 0.3) is 0 Å². The summed E-state index contributed by atoms with van der Waals surface area (Å²) in [5.41, 5.74) is 0. The van der Waals surface area contributed by atoms with E-state index in [1.54, 1.807) is 0 Å². The first kappa shape index (κ1) is 100. The lowest BCUT2D eigenvalue weighted by Gasteiger charge is -2.21. The fourth-order valence-electron chi connectivity index (χ4n) is 12.9. The average molecular weight is 1490 g/mol. The number of hydrogen-bond acceptors (Lipinski definition) is 15. The molecule has 606 valence electrons. The largest absolute Gasteiger partial charge is 0.472 e. The van der Waals surface area contributed by atoms with Gasteiger partial charge < -0.3 is 33.8 Å². The van der Waals surface area contributed by atoms with Crippen LogP contribution in [0, 0.1) is 5.92 Å². The van der Waals surface area contributed by atoms with E-state index >= 15 is 0 Å². The number of ether oxygens (including phenoxy) is 4. The summed E-state index contributed by atoms with van der Waals surface area (Å²) >= 11 is 0. The number of phosphoric acid groups is 2. The highest BCUT2D eigenvalue weighted by Crippen LogP contribution is 2.45. The Kier molecular flexibility index (Phi) is 74.4. The van der Waals surface area contributed by atoms with Crippen molar-refractivity contribution in [1.29, 1.82) is 0 Å². The Bertz CT molecular complexity index is 1940. The maximum Gasteiger partial charge on any atom is 0.472 e. The second kappa shape index (κ2) is 75.9. The molecule has 0 rings (SSSR count). The van der Waals surface area contributed by atoms with Crippen LogP contribution in [0.2, 0.25) is 0 Å². The Labute approximate surface area is 626 Å². The molecule has 17 nitrogen and oxygen atoms in total. The third kappa shape index (κ3) is 76.3. The van der Waals surface area contributed by atoms with Crippen LogP contribution in [0.4, 0.5) is 0 Å². The minimum atomic E-state index is -4.96. The summed E-state index contributed by atoms with van der Waals surface area (Å²) in [4.78, 5) is 73.1. The van der Waals surface area contributed by atoms with Crippen LogP contribution in [0.5, 0.6) is 0 Å². The summed E-state index contributed by atoms with van der Waals surface area (Å²) in [7, 11) is -9.92. The molecule has 0 aromatic heterocycles. The van der Waals surface area contributed by atoms with Gasteiger partial charge in [-0.05, 0) is 31.6 Å². The number of aliphatic hydroxyl groups is 1. The monoisotopic (exact) mass is 1490 g/mol. The van der Waals surface area contributed by atoms with Gasteiger partial charge in [-0.2, -0.15) is 0 Å². The number of carbonyl (C=O) groups is 4. The first-order valence-electron chi connectivity index (χ1n) is 43.1. The molecule has 0 spiro atoms. The molecule has 0 saturated heterocycles. The van der Waals surface area contributed by atoms with E-state index < -0.39 is 97.5 Å². The molecule has 5 atom stereocenters. The third-order valence-corrected chi connectivity index (χ3v) is 21.4. The van der Waals surface area contributed by atoms with Crippen LogP contribution in [0.1, 0.15) is 446 Å². The van der Waals surface area contributed by atoms with E-state index in [1.165, 1.54) is 270 Å². The summed E-state index contributed by atoms with van der Waals surface area (Å²) in [6.45, 7) is 7.33. The van der Waals surface area contributed by atoms with E-state index in [9.17, 15) is 43.2 Å². The smallest absolute Gasteiger partial charge is 0.462 e. The molecule has 0 aromatic rings. The van der Waals surface area contributed by atoms with E-state index in [4.69, 9.17) is 37.0 Å². The van der Waals surface area contributed by atoms with Crippen LogP contribution in [-0.2, 0) is 65.4 Å². The molecule has 0 amide bonds. The molecule has 0 fully saturated rings. The normalized spacial score (nSPS) is 13.8. The van der Waals surface area contributed by atoms with Crippen molar-refractivity contribution < 1.29 is 80.2 Å². The zero-order chi connectivity index (χ0) is 74.8. The number of rotatable bonds is 83. The molecule has 0 aliphatic carbocycles. The van der Waals surface area contributed by atoms with E-state index in [1.807, 2.05) is 0 Å². The summed E-state index contributed by atoms with van der Waals surface area (Å²) in [6.07, 6.45) is 68.0. The van der Waals surface area contributed by atoms with Gasteiger partial charge in [0, 0.05) is 25.7 Å². The first-order valence-corrected chi connectivity index (χ1v) is 46.1. The van der Waals surface area contributed by atoms with Crippen molar-refractivity contribution in [3.63, 3.8) is 0 Å². The minimum Gasteiger partial charge on any atom is -0.462 e. The van der Waals surface area contributed by atoms with E-state index in [0.717, 1.165) is 95.8 Å². The number of hydrogen-bond donors (Lipinski definition) is 3. The maximum absolute atomic E-state index is 13.1. The van der Waals surface area contributed by atoms with Gasteiger partial charge in [0.25, 0.3) is 0 Å². The summed E-state index contributed by atoms with van der Waals surface area (Å²) in [5.74, 6) is -1.36. The van der Waals surface area contributed by atoms with Crippen molar-refractivity contribution >= 4 is 39.5 Å². The van der Waals surface area contributed by atoms with Crippen molar-refractivity contribution in [1.82, 2.24) is 0 Å². The number of carbonyl (C=O) groups excluding carboxylic acids is 4. The van der Waals surface area contributed by atoms with Crippen LogP contribution in [0.3, 0.4) is 0 Å². The molecule has 0 bridgehead atoms. The van der Waals surface area contributed by atoms with Gasteiger partial charge in [-0.3, -0.25) is 37.3 Å². The fraction of sp³-hybridized carbons (Fsp3) is 0.952. The lowest BCUT2D eigenvalue weighted by Crippen LogP contribution is -2.30. The molecular weight excluding hydrogens is 1330 g/mol. The second-order valence-corrected chi connectivity index (χ2v) is 33.3. The van der Waals surface area contributed by atoms with Crippen molar-refractivity contribution in [3.05, 3.63) is 0 Å². The van der Waals surface area contributed by atoms with E-state index in [0.29, 0.717) is 25.7 Å². The molecule has 0 aliphatic heterocycles. The number of unbranched alkanes of at least 4 members (excludes halogenated alkanes) is 55. The standard InChI is InChI=1S/C83H162O17P2/c1-6-9-12-15-18-21-24-27-30-31-32-33-34-35-36-37-40-43-48-54-59-64-69-83(88)99-78(72-93-80(85)66-61-56-51-46-41-38-28-25-22-19-16-13-10-7-2)74-97-101(89,90)95-70-77(84)71-96-102(91,92)98-75-79(73-94-81(86)67-62-57-52-49-44-45-50-55-60-65-76(4)5)100-82(87)68-63-58-53-47-42-39-29-26-23-20-17-14-11-8-3/h76-79,84H,6-75H2,1-5H3,(H,89,90)(H,91,92)/t77-,78-,79-/m1/s1. The highest BCUT2D eigenvalue weighted by atomic mass is 31.2.